The number of hydrogen-bond acceptors (Lipinski definition) is 4. The van der Waals surface area contributed by atoms with Crippen LogP contribution < -0.4 is 5.32 Å². The number of nitrogens with zero attached hydrogens (tertiary/aromatic N) is 1. The van der Waals surface area contributed by atoms with Gasteiger partial charge in [-0.1, -0.05) is 0 Å². The maximum absolute atomic E-state index is 11.4. The Kier molecular flexibility index (Phi) is 6.80. The molecule has 0 aliphatic carbocycles. The predicted octanol–water partition coefficient (Wildman–Crippen LogP) is 0.786. The van der Waals surface area contributed by atoms with Crippen molar-refractivity contribution in [2.75, 3.05) is 26.7 Å². The normalized spacial score (nSPS) is 11.4. The minimum Gasteiger partial charge on any atom is -0.460 e. The monoisotopic (exact) mass is 244 g/mol. The lowest BCUT2D eigenvalue weighted by Gasteiger charge is -2.21. The average molecular weight is 244 g/mol. The Morgan fingerprint density at radius 1 is 1.29 bits per heavy atom. The van der Waals surface area contributed by atoms with Crippen molar-refractivity contribution in [3.8, 4) is 0 Å². The molecule has 0 spiro atoms. The molecule has 0 aliphatic heterocycles. The van der Waals surface area contributed by atoms with Gasteiger partial charge < -0.3 is 10.1 Å². The van der Waals surface area contributed by atoms with E-state index >= 15 is 0 Å². The van der Waals surface area contributed by atoms with Gasteiger partial charge in [-0.3, -0.25) is 14.5 Å². The third kappa shape index (κ3) is 9.81. The fourth-order valence-electron chi connectivity index (χ4n) is 1.25. The molecular weight excluding hydrogens is 220 g/mol. The van der Waals surface area contributed by atoms with Crippen molar-refractivity contribution in [3.63, 3.8) is 0 Å². The molecule has 0 heterocycles. The van der Waals surface area contributed by atoms with Gasteiger partial charge in [-0.2, -0.15) is 0 Å². The van der Waals surface area contributed by atoms with Crippen LogP contribution in [-0.2, 0) is 14.3 Å². The highest BCUT2D eigenvalue weighted by Crippen LogP contribution is 2.08. The first kappa shape index (κ1) is 15.9. The molecule has 0 atom stereocenters. The number of carbonyl (C=O) groups excluding carboxylic acids is 2. The lowest BCUT2D eigenvalue weighted by molar-refractivity contribution is -0.155. The van der Waals surface area contributed by atoms with Crippen LogP contribution >= 0.6 is 0 Å². The molecule has 5 heteroatoms. The highest BCUT2D eigenvalue weighted by atomic mass is 16.6. The zero-order valence-electron chi connectivity index (χ0n) is 11.5. The molecule has 17 heavy (non-hydrogen) atoms. The number of esters is 1. The summed E-state index contributed by atoms with van der Waals surface area (Å²) in [5.74, 6) is -0.264. The third-order valence-corrected chi connectivity index (χ3v) is 1.91. The summed E-state index contributed by atoms with van der Waals surface area (Å²) in [5.41, 5.74) is -0.449. The Morgan fingerprint density at radius 2 is 1.88 bits per heavy atom. The van der Waals surface area contributed by atoms with E-state index in [1.54, 1.807) is 11.9 Å². The lowest BCUT2D eigenvalue weighted by atomic mass is 10.2. The van der Waals surface area contributed by atoms with E-state index in [0.29, 0.717) is 26.1 Å². The smallest absolute Gasteiger partial charge is 0.307 e. The molecule has 0 unspecified atom stereocenters. The van der Waals surface area contributed by atoms with Crippen LogP contribution in [-0.4, -0.2) is 49.1 Å². The second kappa shape index (κ2) is 7.27. The number of carbonyl (C=O) groups is 2. The van der Waals surface area contributed by atoms with Gasteiger partial charge in [0.05, 0.1) is 13.0 Å². The fourth-order valence-corrected chi connectivity index (χ4v) is 1.25. The van der Waals surface area contributed by atoms with E-state index in [9.17, 15) is 9.59 Å². The molecule has 0 aromatic heterocycles. The molecule has 0 radical (unpaired) electrons. The Morgan fingerprint density at radius 3 is 2.35 bits per heavy atom. The van der Waals surface area contributed by atoms with Crippen LogP contribution in [0.1, 0.15) is 34.1 Å². The summed E-state index contributed by atoms with van der Waals surface area (Å²) in [6.45, 7) is 8.83. The van der Waals surface area contributed by atoms with E-state index in [2.05, 4.69) is 5.32 Å². The van der Waals surface area contributed by atoms with Gasteiger partial charge in [-0.05, 0) is 34.7 Å². The summed E-state index contributed by atoms with van der Waals surface area (Å²) in [6.07, 6.45) is 0.299. The van der Waals surface area contributed by atoms with E-state index < -0.39 is 5.60 Å². The fraction of sp³-hybridized carbons (Fsp3) is 0.833. The molecule has 0 rings (SSSR count). The molecule has 5 nitrogen and oxygen atoms in total. The highest BCUT2D eigenvalue weighted by Gasteiger charge is 2.16. The summed E-state index contributed by atoms with van der Waals surface area (Å²) < 4.78 is 5.17. The predicted molar refractivity (Wildman–Crippen MR) is 66.6 cm³/mol. The van der Waals surface area contributed by atoms with E-state index in [1.165, 1.54) is 0 Å². The molecule has 0 saturated heterocycles. The van der Waals surface area contributed by atoms with Crippen LogP contribution in [0, 0.1) is 0 Å². The largest absolute Gasteiger partial charge is 0.460 e. The van der Waals surface area contributed by atoms with Crippen molar-refractivity contribution in [2.45, 2.75) is 39.7 Å². The molecule has 0 bridgehead atoms. The molecule has 0 aromatic rings. The first-order chi connectivity index (χ1) is 7.74. The zero-order valence-corrected chi connectivity index (χ0v) is 11.5. The standard InChI is InChI=1S/C12H24N2O3/c1-6-13-10(15)9-14(5)8-7-11(16)17-12(2,3)4/h6-9H2,1-5H3,(H,13,15). The Bertz CT molecular complexity index is 259. The summed E-state index contributed by atoms with van der Waals surface area (Å²) >= 11 is 0. The van der Waals surface area contributed by atoms with Gasteiger partial charge >= 0.3 is 5.97 Å². The number of amides is 1. The van der Waals surface area contributed by atoms with Gasteiger partial charge in [0.1, 0.15) is 5.60 Å². The van der Waals surface area contributed by atoms with Crippen LogP contribution in [0.25, 0.3) is 0 Å². The van der Waals surface area contributed by atoms with Crippen LogP contribution in [0.2, 0.25) is 0 Å². The number of likely N-dealkylation sites (N-methyl/N-ethyl adjacent to an activating group) is 2. The van der Waals surface area contributed by atoms with E-state index in [4.69, 9.17) is 4.74 Å². The van der Waals surface area contributed by atoms with Crippen LogP contribution in [0.15, 0.2) is 0 Å². The molecule has 1 N–H and O–H groups in total. The topological polar surface area (TPSA) is 58.6 Å². The van der Waals surface area contributed by atoms with Crippen molar-refractivity contribution in [3.05, 3.63) is 0 Å². The van der Waals surface area contributed by atoms with Crippen LogP contribution in [0.3, 0.4) is 0 Å². The number of rotatable bonds is 6. The second-order valence-corrected chi connectivity index (χ2v) is 5.03. The van der Waals surface area contributed by atoms with E-state index in [0.717, 1.165) is 0 Å². The first-order valence-electron chi connectivity index (χ1n) is 5.91. The molecular formula is C12H24N2O3. The van der Waals surface area contributed by atoms with Crippen LogP contribution in [0.5, 0.6) is 0 Å². The molecule has 100 valence electrons. The maximum Gasteiger partial charge on any atom is 0.307 e. The lowest BCUT2D eigenvalue weighted by Crippen LogP contribution is -2.36. The molecule has 0 aromatic carbocycles. The van der Waals surface area contributed by atoms with Gasteiger partial charge in [0.2, 0.25) is 5.91 Å². The number of ether oxygens (including phenoxy) is 1. The van der Waals surface area contributed by atoms with Gasteiger partial charge in [-0.25, -0.2) is 0 Å². The zero-order chi connectivity index (χ0) is 13.5. The quantitative estimate of drug-likeness (QED) is 0.702. The van der Waals surface area contributed by atoms with Gasteiger partial charge in [0.15, 0.2) is 0 Å². The third-order valence-electron chi connectivity index (χ3n) is 1.91. The average Bonchev–Trinajstić information content (AvgIpc) is 2.12. The van der Waals surface area contributed by atoms with Crippen molar-refractivity contribution >= 4 is 11.9 Å². The Labute approximate surface area is 103 Å². The first-order valence-corrected chi connectivity index (χ1v) is 5.91. The number of hydrogen-bond donors (Lipinski definition) is 1. The van der Waals surface area contributed by atoms with Crippen molar-refractivity contribution in [1.82, 2.24) is 10.2 Å². The Hall–Kier alpha value is -1.10. The summed E-state index contributed by atoms with van der Waals surface area (Å²) in [7, 11) is 1.81. The van der Waals surface area contributed by atoms with E-state index in [1.807, 2.05) is 27.7 Å². The molecule has 0 saturated carbocycles. The minimum atomic E-state index is -0.449. The molecule has 0 fully saturated rings. The van der Waals surface area contributed by atoms with Gasteiger partial charge in [-0.15, -0.1) is 0 Å². The minimum absolute atomic E-state index is 0.0285. The summed E-state index contributed by atoms with van der Waals surface area (Å²) in [5, 5.41) is 2.71. The van der Waals surface area contributed by atoms with Gasteiger partial charge in [0, 0.05) is 13.1 Å². The molecule has 0 aliphatic rings. The Balaban J connectivity index is 3.80. The second-order valence-electron chi connectivity index (χ2n) is 5.03. The van der Waals surface area contributed by atoms with Crippen molar-refractivity contribution in [2.24, 2.45) is 0 Å². The van der Waals surface area contributed by atoms with Crippen LogP contribution in [0.4, 0.5) is 0 Å². The number of nitrogens with one attached hydrogen (secondary N) is 1. The maximum atomic E-state index is 11.4. The van der Waals surface area contributed by atoms with Crippen molar-refractivity contribution in [1.29, 1.82) is 0 Å². The van der Waals surface area contributed by atoms with Crippen molar-refractivity contribution < 1.29 is 14.3 Å². The van der Waals surface area contributed by atoms with Gasteiger partial charge in [0.25, 0.3) is 0 Å². The van der Waals surface area contributed by atoms with E-state index in [-0.39, 0.29) is 11.9 Å². The summed E-state index contributed by atoms with van der Waals surface area (Å²) in [6, 6.07) is 0. The summed E-state index contributed by atoms with van der Waals surface area (Å²) in [4.78, 5) is 24.5. The SMILES string of the molecule is CCNC(=O)CN(C)CCC(=O)OC(C)(C)C. The molecule has 1 amide bonds. The highest BCUT2D eigenvalue weighted by molar-refractivity contribution is 5.78.